The van der Waals surface area contributed by atoms with Crippen molar-refractivity contribution in [2.75, 3.05) is 31.5 Å². The predicted molar refractivity (Wildman–Crippen MR) is 130 cm³/mol. The van der Waals surface area contributed by atoms with Gasteiger partial charge in [0.2, 0.25) is 11.7 Å². The highest BCUT2D eigenvalue weighted by Gasteiger charge is 2.28. The molecule has 6 heteroatoms. The number of nitrogens with one attached hydrogen (secondary N) is 1. The summed E-state index contributed by atoms with van der Waals surface area (Å²) in [6, 6.07) is 30.1. The predicted octanol–water partition coefficient (Wildman–Crippen LogP) is 4.41. The third kappa shape index (κ3) is 4.52. The number of pyridine rings is 1. The van der Waals surface area contributed by atoms with Crippen LogP contribution >= 0.6 is 0 Å². The summed E-state index contributed by atoms with van der Waals surface area (Å²) < 4.78 is 0.799. The Bertz CT molecular complexity index is 1200. The number of nitrogens with zero attached hydrogens (tertiary/aromatic N) is 3. The lowest BCUT2D eigenvalue weighted by atomic mass is 9.96. The fraction of sp³-hybridized carbons (Fsp3) is 0.185. The molecule has 2 heterocycles. The van der Waals surface area contributed by atoms with E-state index in [1.165, 1.54) is 17.3 Å². The lowest BCUT2D eigenvalue weighted by molar-refractivity contribution is -0.576. The van der Waals surface area contributed by atoms with E-state index in [0.717, 1.165) is 23.2 Å². The highest BCUT2D eigenvalue weighted by molar-refractivity contribution is 5.91. The number of para-hydroxylation sites is 1. The standard InChI is InChI=1S/C27H26N4O2/c32-27(28-24-19-23-13-7-8-14-25(23)31(33)20-24)30-17-15-29(16-18-30)26(21-9-3-1-4-10-21)22-11-5-2-6-12-22/h1-14,19-20,26H,15-18H2,(H,28,32). The summed E-state index contributed by atoms with van der Waals surface area (Å²) in [6.45, 7) is 2.77. The lowest BCUT2D eigenvalue weighted by Gasteiger charge is -2.39. The van der Waals surface area contributed by atoms with Crippen molar-refractivity contribution in [1.82, 2.24) is 9.80 Å². The molecule has 0 aliphatic carbocycles. The molecule has 3 aromatic carbocycles. The normalized spacial score (nSPS) is 14.5. The molecule has 1 aliphatic heterocycles. The Morgan fingerprint density at radius 1 is 0.818 bits per heavy atom. The molecule has 1 fully saturated rings. The molecule has 5 rings (SSSR count). The second kappa shape index (κ2) is 9.30. The van der Waals surface area contributed by atoms with E-state index in [1.54, 1.807) is 6.07 Å². The Balaban J connectivity index is 1.28. The Labute approximate surface area is 193 Å². The van der Waals surface area contributed by atoms with Crippen molar-refractivity contribution < 1.29 is 9.52 Å². The minimum atomic E-state index is -0.180. The van der Waals surface area contributed by atoms with Gasteiger partial charge in [-0.25, -0.2) is 4.79 Å². The van der Waals surface area contributed by atoms with Crippen LogP contribution in [0, 0.1) is 5.21 Å². The highest BCUT2D eigenvalue weighted by Crippen LogP contribution is 2.29. The molecule has 1 saturated heterocycles. The third-order valence-corrected chi connectivity index (χ3v) is 6.19. The number of hydrogen-bond acceptors (Lipinski definition) is 3. The van der Waals surface area contributed by atoms with Crippen LogP contribution in [0.1, 0.15) is 17.2 Å². The van der Waals surface area contributed by atoms with Gasteiger partial charge in [-0.2, -0.15) is 4.73 Å². The van der Waals surface area contributed by atoms with Crippen LogP contribution < -0.4 is 10.0 Å². The van der Waals surface area contributed by atoms with Crippen molar-refractivity contribution in [2.45, 2.75) is 6.04 Å². The number of anilines is 1. The summed E-state index contributed by atoms with van der Waals surface area (Å²) in [6.07, 6.45) is 1.41. The summed E-state index contributed by atoms with van der Waals surface area (Å²) in [7, 11) is 0. The number of fused-ring (bicyclic) bond motifs is 1. The van der Waals surface area contributed by atoms with Gasteiger partial charge in [-0.05, 0) is 23.3 Å². The smallest absolute Gasteiger partial charge is 0.322 e. The quantitative estimate of drug-likeness (QED) is 0.379. The Morgan fingerprint density at radius 2 is 1.39 bits per heavy atom. The zero-order valence-corrected chi connectivity index (χ0v) is 18.3. The number of piperazine rings is 1. The zero-order valence-electron chi connectivity index (χ0n) is 18.3. The van der Waals surface area contributed by atoms with E-state index in [1.807, 2.05) is 41.3 Å². The van der Waals surface area contributed by atoms with Crippen LogP contribution in [-0.4, -0.2) is 42.0 Å². The van der Waals surface area contributed by atoms with E-state index in [4.69, 9.17) is 0 Å². The summed E-state index contributed by atoms with van der Waals surface area (Å²) >= 11 is 0. The van der Waals surface area contributed by atoms with Gasteiger partial charge in [0.05, 0.1) is 6.04 Å². The average molecular weight is 439 g/mol. The Hall–Kier alpha value is -3.90. The van der Waals surface area contributed by atoms with Crippen LogP contribution in [0.15, 0.2) is 97.2 Å². The van der Waals surface area contributed by atoms with Gasteiger partial charge in [0.15, 0.2) is 0 Å². The minimum Gasteiger partial charge on any atom is -0.618 e. The second-order valence-corrected chi connectivity index (χ2v) is 8.29. The van der Waals surface area contributed by atoms with Crippen LogP contribution in [0.5, 0.6) is 0 Å². The maximum absolute atomic E-state index is 12.9. The van der Waals surface area contributed by atoms with Crippen LogP contribution in [0.4, 0.5) is 10.5 Å². The maximum atomic E-state index is 12.9. The molecule has 0 bridgehead atoms. The van der Waals surface area contributed by atoms with E-state index < -0.39 is 0 Å². The molecular formula is C27H26N4O2. The van der Waals surface area contributed by atoms with E-state index in [9.17, 15) is 10.0 Å². The maximum Gasteiger partial charge on any atom is 0.322 e. The molecule has 6 nitrogen and oxygen atoms in total. The molecule has 2 amide bonds. The van der Waals surface area contributed by atoms with Crippen LogP contribution in [0.3, 0.4) is 0 Å². The molecule has 166 valence electrons. The second-order valence-electron chi connectivity index (χ2n) is 8.29. The number of hydrogen-bond donors (Lipinski definition) is 1. The lowest BCUT2D eigenvalue weighted by Crippen LogP contribution is -2.51. The van der Waals surface area contributed by atoms with E-state index >= 15 is 0 Å². The number of benzene rings is 3. The number of amides is 2. The van der Waals surface area contributed by atoms with E-state index in [2.05, 4.69) is 58.7 Å². The Morgan fingerprint density at radius 3 is 2.03 bits per heavy atom. The fourth-order valence-electron chi connectivity index (χ4n) is 4.55. The van der Waals surface area contributed by atoms with Crippen molar-refractivity contribution in [3.8, 4) is 0 Å². The van der Waals surface area contributed by atoms with E-state index in [0.29, 0.717) is 24.3 Å². The van der Waals surface area contributed by atoms with Crippen LogP contribution in [0.2, 0.25) is 0 Å². The van der Waals surface area contributed by atoms with Gasteiger partial charge in [0.25, 0.3) is 0 Å². The topological polar surface area (TPSA) is 62.5 Å². The number of urea groups is 1. The van der Waals surface area contributed by atoms with Crippen molar-refractivity contribution in [3.63, 3.8) is 0 Å². The van der Waals surface area contributed by atoms with Gasteiger partial charge in [0.1, 0.15) is 5.69 Å². The van der Waals surface area contributed by atoms with Crippen molar-refractivity contribution in [1.29, 1.82) is 0 Å². The molecule has 0 unspecified atom stereocenters. The first-order valence-electron chi connectivity index (χ1n) is 11.2. The fourth-order valence-corrected chi connectivity index (χ4v) is 4.55. The Kier molecular flexibility index (Phi) is 5.91. The van der Waals surface area contributed by atoms with Crippen molar-refractivity contribution >= 4 is 22.6 Å². The zero-order chi connectivity index (χ0) is 22.6. The summed E-state index contributed by atoms with van der Waals surface area (Å²) in [4.78, 5) is 17.2. The summed E-state index contributed by atoms with van der Waals surface area (Å²) in [5.41, 5.74) is 3.58. The number of carbonyl (C=O) groups excluding carboxylic acids is 1. The molecule has 1 aromatic heterocycles. The number of aromatic nitrogens is 1. The van der Waals surface area contributed by atoms with Gasteiger partial charge in [-0.1, -0.05) is 72.8 Å². The molecule has 0 saturated carbocycles. The van der Waals surface area contributed by atoms with Gasteiger partial charge in [-0.3, -0.25) is 4.90 Å². The minimum absolute atomic E-state index is 0.150. The third-order valence-electron chi connectivity index (χ3n) is 6.19. The SMILES string of the molecule is O=C(Nc1cc2ccccc2[n+]([O-])c1)N1CCN(C(c2ccccc2)c2ccccc2)CC1. The molecule has 1 N–H and O–H groups in total. The number of rotatable bonds is 4. The summed E-state index contributed by atoms with van der Waals surface area (Å²) in [5.74, 6) is 0. The van der Waals surface area contributed by atoms with Gasteiger partial charge >= 0.3 is 6.03 Å². The van der Waals surface area contributed by atoms with Gasteiger partial charge in [-0.15, -0.1) is 0 Å². The van der Waals surface area contributed by atoms with Crippen molar-refractivity contribution in [2.24, 2.45) is 0 Å². The molecule has 0 spiro atoms. The molecule has 0 radical (unpaired) electrons. The molecule has 4 aromatic rings. The molecular weight excluding hydrogens is 412 g/mol. The van der Waals surface area contributed by atoms with E-state index in [-0.39, 0.29) is 12.1 Å². The molecule has 0 atom stereocenters. The average Bonchev–Trinajstić information content (AvgIpc) is 2.86. The first kappa shape index (κ1) is 21.0. The molecule has 33 heavy (non-hydrogen) atoms. The van der Waals surface area contributed by atoms with Crippen LogP contribution in [0.25, 0.3) is 10.9 Å². The molecule has 1 aliphatic rings. The number of carbonyl (C=O) groups is 1. The first-order valence-corrected chi connectivity index (χ1v) is 11.2. The van der Waals surface area contributed by atoms with Crippen molar-refractivity contribution in [3.05, 3.63) is 114 Å². The highest BCUT2D eigenvalue weighted by atomic mass is 16.5. The van der Waals surface area contributed by atoms with Crippen LogP contribution in [-0.2, 0) is 0 Å². The monoisotopic (exact) mass is 438 g/mol. The first-order chi connectivity index (χ1) is 16.2. The largest absolute Gasteiger partial charge is 0.618 e. The summed E-state index contributed by atoms with van der Waals surface area (Å²) in [5, 5.41) is 16.0. The van der Waals surface area contributed by atoms with Gasteiger partial charge in [0, 0.05) is 37.6 Å². The van der Waals surface area contributed by atoms with Gasteiger partial charge < -0.3 is 15.4 Å².